The highest BCUT2D eigenvalue weighted by Gasteiger charge is 2.19. The Labute approximate surface area is 124 Å². The van der Waals surface area contributed by atoms with Gasteiger partial charge in [0.2, 0.25) is 16.8 Å². The molecule has 0 amide bonds. The molecule has 0 aromatic heterocycles. The molecule has 0 aliphatic carbocycles. The summed E-state index contributed by atoms with van der Waals surface area (Å²) in [5.74, 6) is 1.97. The number of unbranched alkanes of at least 4 members (excludes halogenated alkanes) is 1. The summed E-state index contributed by atoms with van der Waals surface area (Å²) in [6.45, 7) is 0.533. The van der Waals surface area contributed by atoms with Crippen LogP contribution >= 0.6 is 11.6 Å². The number of nitrogens with zero attached hydrogens (tertiary/aromatic N) is 1. The first-order valence-electron chi connectivity index (χ1n) is 6.41. The molecule has 1 aromatic rings. The second-order valence-electron chi connectivity index (χ2n) is 4.66. The zero-order valence-electron chi connectivity index (χ0n) is 11.3. The molecule has 1 aliphatic heterocycles. The van der Waals surface area contributed by atoms with E-state index in [1.54, 1.807) is 13.1 Å². The fourth-order valence-electron chi connectivity index (χ4n) is 1.93. The molecule has 0 fully saturated rings. The molecule has 7 heteroatoms. The van der Waals surface area contributed by atoms with E-state index in [0.717, 1.165) is 5.56 Å². The number of hydrogen-bond donors (Lipinski definition) is 0. The zero-order valence-corrected chi connectivity index (χ0v) is 12.9. The van der Waals surface area contributed by atoms with Gasteiger partial charge in [-0.2, -0.15) is 0 Å². The first kappa shape index (κ1) is 15.4. The van der Waals surface area contributed by atoms with Gasteiger partial charge in [-0.1, -0.05) is 6.07 Å². The summed E-state index contributed by atoms with van der Waals surface area (Å²) in [6.07, 6.45) is 1.29. The number of alkyl halides is 1. The van der Waals surface area contributed by atoms with Crippen LogP contribution in [-0.2, 0) is 16.6 Å². The standard InChI is InChI=1S/C13H18ClNO4S/c1-15(20(16,17)7-3-2-6-14)9-11-4-5-12-13(8-11)19-10-18-12/h4-5,8H,2-3,6-7,9-10H2,1H3. The Morgan fingerprint density at radius 3 is 2.75 bits per heavy atom. The molecule has 2 rings (SSSR count). The number of halogens is 1. The van der Waals surface area contributed by atoms with Crippen molar-refractivity contribution in [2.75, 3.05) is 25.5 Å². The van der Waals surface area contributed by atoms with Crippen LogP contribution in [-0.4, -0.2) is 38.2 Å². The van der Waals surface area contributed by atoms with Gasteiger partial charge in [-0.3, -0.25) is 0 Å². The van der Waals surface area contributed by atoms with Gasteiger partial charge in [0.1, 0.15) is 0 Å². The van der Waals surface area contributed by atoms with E-state index in [-0.39, 0.29) is 12.5 Å². The van der Waals surface area contributed by atoms with Gasteiger partial charge in [-0.05, 0) is 30.5 Å². The van der Waals surface area contributed by atoms with Crippen molar-refractivity contribution in [2.24, 2.45) is 0 Å². The maximum atomic E-state index is 12.1. The van der Waals surface area contributed by atoms with E-state index in [4.69, 9.17) is 21.1 Å². The topological polar surface area (TPSA) is 55.8 Å². The molecule has 20 heavy (non-hydrogen) atoms. The lowest BCUT2D eigenvalue weighted by Gasteiger charge is -2.17. The third kappa shape index (κ3) is 3.77. The minimum Gasteiger partial charge on any atom is -0.454 e. The van der Waals surface area contributed by atoms with Crippen LogP contribution in [0.15, 0.2) is 18.2 Å². The van der Waals surface area contributed by atoms with Crippen molar-refractivity contribution in [3.05, 3.63) is 23.8 Å². The van der Waals surface area contributed by atoms with Gasteiger partial charge in [-0.15, -0.1) is 11.6 Å². The maximum Gasteiger partial charge on any atom is 0.231 e. The smallest absolute Gasteiger partial charge is 0.231 e. The van der Waals surface area contributed by atoms with E-state index < -0.39 is 10.0 Å². The maximum absolute atomic E-state index is 12.1. The fraction of sp³-hybridized carbons (Fsp3) is 0.538. The van der Waals surface area contributed by atoms with E-state index in [1.807, 2.05) is 12.1 Å². The molecule has 0 unspecified atom stereocenters. The number of sulfonamides is 1. The van der Waals surface area contributed by atoms with Gasteiger partial charge in [0, 0.05) is 19.5 Å². The van der Waals surface area contributed by atoms with Crippen molar-refractivity contribution in [2.45, 2.75) is 19.4 Å². The third-order valence-corrected chi connectivity index (χ3v) is 5.25. The van der Waals surface area contributed by atoms with E-state index >= 15 is 0 Å². The zero-order chi connectivity index (χ0) is 14.6. The first-order chi connectivity index (χ1) is 9.53. The molecule has 0 saturated heterocycles. The van der Waals surface area contributed by atoms with Gasteiger partial charge < -0.3 is 9.47 Å². The highest BCUT2D eigenvalue weighted by Crippen LogP contribution is 2.32. The van der Waals surface area contributed by atoms with Crippen molar-refractivity contribution < 1.29 is 17.9 Å². The molecule has 112 valence electrons. The van der Waals surface area contributed by atoms with Gasteiger partial charge in [0.25, 0.3) is 0 Å². The lowest BCUT2D eigenvalue weighted by Crippen LogP contribution is -2.28. The highest BCUT2D eigenvalue weighted by atomic mass is 35.5. The Morgan fingerprint density at radius 1 is 1.25 bits per heavy atom. The molecule has 0 saturated carbocycles. The number of hydrogen-bond acceptors (Lipinski definition) is 4. The van der Waals surface area contributed by atoms with E-state index in [9.17, 15) is 8.42 Å². The van der Waals surface area contributed by atoms with E-state index in [2.05, 4.69) is 0 Å². The minimum absolute atomic E-state index is 0.126. The van der Waals surface area contributed by atoms with Gasteiger partial charge in [0.05, 0.1) is 5.75 Å². The molecule has 5 nitrogen and oxygen atoms in total. The van der Waals surface area contributed by atoms with Gasteiger partial charge in [-0.25, -0.2) is 12.7 Å². The highest BCUT2D eigenvalue weighted by molar-refractivity contribution is 7.89. The monoisotopic (exact) mass is 319 g/mol. The first-order valence-corrected chi connectivity index (χ1v) is 8.56. The third-order valence-electron chi connectivity index (χ3n) is 3.10. The molecule has 0 radical (unpaired) electrons. The summed E-state index contributed by atoms with van der Waals surface area (Å²) in [4.78, 5) is 0. The second-order valence-corrected chi connectivity index (χ2v) is 7.23. The predicted molar refractivity (Wildman–Crippen MR) is 77.8 cm³/mol. The number of rotatable bonds is 7. The van der Waals surface area contributed by atoms with Crippen LogP contribution in [0.4, 0.5) is 0 Å². The Morgan fingerprint density at radius 2 is 2.00 bits per heavy atom. The quantitative estimate of drug-likeness (QED) is 0.571. The minimum atomic E-state index is -3.24. The van der Waals surface area contributed by atoms with Crippen molar-refractivity contribution in [1.82, 2.24) is 4.31 Å². The molecule has 0 atom stereocenters. The molecule has 1 aromatic carbocycles. The van der Waals surface area contributed by atoms with Gasteiger partial charge >= 0.3 is 0 Å². The average molecular weight is 320 g/mol. The largest absolute Gasteiger partial charge is 0.454 e. The number of benzene rings is 1. The lowest BCUT2D eigenvalue weighted by molar-refractivity contribution is 0.174. The molecular weight excluding hydrogens is 302 g/mol. The average Bonchev–Trinajstić information content (AvgIpc) is 2.86. The summed E-state index contributed by atoms with van der Waals surface area (Å²) in [7, 11) is -1.66. The Kier molecular flexibility index (Phi) is 5.12. The van der Waals surface area contributed by atoms with Crippen LogP contribution in [0.1, 0.15) is 18.4 Å². The Hall–Kier alpha value is -0.980. The normalized spacial score (nSPS) is 13.9. The number of fused-ring (bicyclic) bond motifs is 1. The summed E-state index contributed by atoms with van der Waals surface area (Å²) in [5, 5.41) is 0. The van der Waals surface area contributed by atoms with Crippen LogP contribution < -0.4 is 9.47 Å². The Bertz CT molecular complexity index is 561. The van der Waals surface area contributed by atoms with E-state index in [1.165, 1.54) is 4.31 Å². The summed E-state index contributed by atoms with van der Waals surface area (Å²) in [5.41, 5.74) is 0.873. The van der Waals surface area contributed by atoms with Crippen LogP contribution in [0.5, 0.6) is 11.5 Å². The van der Waals surface area contributed by atoms with Crippen LogP contribution in [0.2, 0.25) is 0 Å². The van der Waals surface area contributed by atoms with Crippen LogP contribution in [0, 0.1) is 0 Å². The number of ether oxygens (including phenoxy) is 2. The molecule has 0 N–H and O–H groups in total. The fourth-order valence-corrected chi connectivity index (χ4v) is 3.34. The summed E-state index contributed by atoms with van der Waals surface area (Å²) in [6, 6.07) is 5.46. The van der Waals surface area contributed by atoms with Crippen molar-refractivity contribution >= 4 is 21.6 Å². The molecule has 0 spiro atoms. The second kappa shape index (κ2) is 6.65. The SMILES string of the molecule is CN(Cc1ccc2c(c1)OCO2)S(=O)(=O)CCCCCl. The van der Waals surface area contributed by atoms with Crippen LogP contribution in [0.25, 0.3) is 0 Å². The predicted octanol–water partition coefficient (Wildman–Crippen LogP) is 2.20. The van der Waals surface area contributed by atoms with Crippen LogP contribution in [0.3, 0.4) is 0 Å². The lowest BCUT2D eigenvalue weighted by atomic mass is 10.2. The molecular formula is C13H18ClNO4S. The molecule has 1 heterocycles. The molecule has 1 aliphatic rings. The molecule has 0 bridgehead atoms. The van der Waals surface area contributed by atoms with Gasteiger partial charge in [0.15, 0.2) is 11.5 Å². The van der Waals surface area contributed by atoms with E-state index in [0.29, 0.717) is 36.8 Å². The summed E-state index contributed by atoms with van der Waals surface area (Å²) < 4.78 is 36.0. The van der Waals surface area contributed by atoms with Crippen molar-refractivity contribution in [3.63, 3.8) is 0 Å². The Balaban J connectivity index is 1.98. The van der Waals surface area contributed by atoms with Crippen molar-refractivity contribution in [3.8, 4) is 11.5 Å². The summed E-state index contributed by atoms with van der Waals surface area (Å²) >= 11 is 5.56. The van der Waals surface area contributed by atoms with Crippen molar-refractivity contribution in [1.29, 1.82) is 0 Å².